The normalized spacial score (nSPS) is 11.1. The van der Waals surface area contributed by atoms with Crippen LogP contribution < -0.4 is 11.1 Å². The van der Waals surface area contributed by atoms with Crippen molar-refractivity contribution in [1.82, 2.24) is 10.3 Å². The van der Waals surface area contributed by atoms with Crippen LogP contribution in [0.5, 0.6) is 0 Å². The largest absolute Gasteiger partial charge is 0.378 e. The molecule has 3 N–H and O–H groups in total. The van der Waals surface area contributed by atoms with Crippen LogP contribution in [-0.2, 0) is 9.47 Å². The summed E-state index contributed by atoms with van der Waals surface area (Å²) in [5.41, 5.74) is 6.58. The summed E-state index contributed by atoms with van der Waals surface area (Å²) >= 11 is 5.25. The number of carbonyl (C=O) groups is 1. The van der Waals surface area contributed by atoms with Crippen molar-refractivity contribution in [2.75, 3.05) is 45.3 Å². The van der Waals surface area contributed by atoms with Gasteiger partial charge in [0.15, 0.2) is 0 Å². The maximum atomic E-state index is 12.5. The van der Waals surface area contributed by atoms with E-state index in [1.54, 1.807) is 11.8 Å². The zero-order chi connectivity index (χ0) is 19.5. The maximum absolute atomic E-state index is 12.5. The van der Waals surface area contributed by atoms with Gasteiger partial charge in [0.05, 0.1) is 31.9 Å². The molecule has 148 valence electrons. The molecule has 1 heterocycles. The first kappa shape index (κ1) is 22.1. The van der Waals surface area contributed by atoms with Crippen molar-refractivity contribution in [2.24, 2.45) is 5.73 Å². The topological polar surface area (TPSA) is 86.5 Å². The van der Waals surface area contributed by atoms with Crippen LogP contribution in [0.15, 0.2) is 33.6 Å². The van der Waals surface area contributed by atoms with Gasteiger partial charge in [-0.1, -0.05) is 22.9 Å². The third-order valence-electron chi connectivity index (χ3n) is 3.59. The van der Waals surface area contributed by atoms with Crippen molar-refractivity contribution in [1.29, 1.82) is 0 Å². The highest BCUT2D eigenvalue weighted by Gasteiger charge is 2.12. The summed E-state index contributed by atoms with van der Waals surface area (Å²) in [5.74, 6) is 0.799. The molecule has 2 rings (SSSR count). The molecular weight excluding hydrogens is 430 g/mol. The molecule has 6 nitrogen and oxygen atoms in total. The Hall–Kier alpha value is -1.19. The molecule has 0 saturated carbocycles. The zero-order valence-corrected chi connectivity index (χ0v) is 17.9. The molecule has 0 aliphatic rings. The molecule has 0 unspecified atom stereocenters. The predicted molar refractivity (Wildman–Crippen MR) is 113 cm³/mol. The summed E-state index contributed by atoms with van der Waals surface area (Å²) in [4.78, 5) is 18.1. The SMILES string of the molecule is CCCSc1cc(C(=O)NCCOCCOCCN)nc2ccc(Br)cc12. The number of nitrogens with zero attached hydrogens (tertiary/aromatic N) is 1. The quantitative estimate of drug-likeness (QED) is 0.377. The fourth-order valence-electron chi connectivity index (χ4n) is 2.35. The number of nitrogens with two attached hydrogens (primary N) is 1. The van der Waals surface area contributed by atoms with E-state index in [1.165, 1.54) is 0 Å². The van der Waals surface area contributed by atoms with Crippen molar-refractivity contribution >= 4 is 44.5 Å². The van der Waals surface area contributed by atoms with Crippen LogP contribution in [0.2, 0.25) is 0 Å². The van der Waals surface area contributed by atoms with E-state index in [4.69, 9.17) is 15.2 Å². The van der Waals surface area contributed by atoms with Crippen LogP contribution in [0.3, 0.4) is 0 Å². The Bertz CT molecular complexity index is 745. The summed E-state index contributed by atoms with van der Waals surface area (Å²) in [7, 11) is 0. The molecule has 0 saturated heterocycles. The number of nitrogens with one attached hydrogen (secondary N) is 1. The fraction of sp³-hybridized carbons (Fsp3) is 0.474. The van der Waals surface area contributed by atoms with Crippen LogP contribution in [0.4, 0.5) is 0 Å². The first-order valence-electron chi connectivity index (χ1n) is 9.02. The number of carbonyl (C=O) groups excluding carboxylic acids is 1. The van der Waals surface area contributed by atoms with Gasteiger partial charge in [-0.3, -0.25) is 4.79 Å². The van der Waals surface area contributed by atoms with Crippen molar-refractivity contribution in [3.8, 4) is 0 Å². The van der Waals surface area contributed by atoms with E-state index in [0.29, 0.717) is 45.2 Å². The van der Waals surface area contributed by atoms with Crippen LogP contribution in [0.1, 0.15) is 23.8 Å². The minimum absolute atomic E-state index is 0.193. The lowest BCUT2D eigenvalue weighted by Gasteiger charge is -2.10. The van der Waals surface area contributed by atoms with E-state index in [1.807, 2.05) is 24.3 Å². The molecule has 0 aliphatic heterocycles. The lowest BCUT2D eigenvalue weighted by atomic mass is 10.2. The Morgan fingerprint density at radius 3 is 2.74 bits per heavy atom. The summed E-state index contributed by atoms with van der Waals surface area (Å²) in [6.07, 6.45) is 1.07. The number of hydrogen-bond acceptors (Lipinski definition) is 6. The van der Waals surface area contributed by atoms with Crippen molar-refractivity contribution in [3.63, 3.8) is 0 Å². The maximum Gasteiger partial charge on any atom is 0.270 e. The van der Waals surface area contributed by atoms with Crippen molar-refractivity contribution in [3.05, 3.63) is 34.4 Å². The highest BCUT2D eigenvalue weighted by molar-refractivity contribution is 9.10. The monoisotopic (exact) mass is 455 g/mol. The standard InChI is InChI=1S/C19H26BrN3O3S/c1-2-11-27-18-13-17(23-16-4-3-14(20)12-15(16)18)19(24)22-6-8-26-10-9-25-7-5-21/h3-4,12-13H,2,5-11,21H2,1H3,(H,22,24). The number of aromatic nitrogens is 1. The lowest BCUT2D eigenvalue weighted by Crippen LogP contribution is -2.28. The number of hydrogen-bond donors (Lipinski definition) is 2. The van der Waals surface area contributed by atoms with Gasteiger partial charge in [-0.25, -0.2) is 4.98 Å². The molecule has 0 radical (unpaired) electrons. The van der Waals surface area contributed by atoms with E-state index in [0.717, 1.165) is 32.4 Å². The Morgan fingerprint density at radius 1 is 1.22 bits per heavy atom. The van der Waals surface area contributed by atoms with E-state index in [2.05, 4.69) is 33.2 Å². The lowest BCUT2D eigenvalue weighted by molar-refractivity contribution is 0.0511. The molecule has 1 aromatic carbocycles. The number of thioether (sulfide) groups is 1. The molecule has 2 aromatic rings. The van der Waals surface area contributed by atoms with Crippen LogP contribution >= 0.6 is 27.7 Å². The van der Waals surface area contributed by atoms with Gasteiger partial charge in [-0.15, -0.1) is 11.8 Å². The number of halogens is 1. The number of pyridine rings is 1. The molecule has 1 amide bonds. The fourth-order valence-corrected chi connectivity index (χ4v) is 3.65. The number of ether oxygens (including phenoxy) is 2. The molecule has 0 fully saturated rings. The van der Waals surface area contributed by atoms with Crippen LogP contribution in [0.25, 0.3) is 10.9 Å². The van der Waals surface area contributed by atoms with Gasteiger partial charge in [0, 0.05) is 27.8 Å². The van der Waals surface area contributed by atoms with Gasteiger partial charge >= 0.3 is 0 Å². The predicted octanol–water partition coefficient (Wildman–Crippen LogP) is 3.22. The first-order valence-corrected chi connectivity index (χ1v) is 10.8. The molecule has 0 atom stereocenters. The van der Waals surface area contributed by atoms with Crippen molar-refractivity contribution in [2.45, 2.75) is 18.2 Å². The number of amides is 1. The smallest absolute Gasteiger partial charge is 0.270 e. The van der Waals surface area contributed by atoms with Gasteiger partial charge in [-0.2, -0.15) is 0 Å². The Kier molecular flexibility index (Phi) is 10.1. The Morgan fingerprint density at radius 2 is 2.00 bits per heavy atom. The van der Waals surface area contributed by atoms with Crippen molar-refractivity contribution < 1.29 is 14.3 Å². The second-order valence-electron chi connectivity index (χ2n) is 5.78. The molecular formula is C19H26BrN3O3S. The summed E-state index contributed by atoms with van der Waals surface area (Å²) in [6.45, 7) is 5.01. The molecule has 1 aromatic heterocycles. The minimum Gasteiger partial charge on any atom is -0.378 e. The number of fused-ring (bicyclic) bond motifs is 1. The number of benzene rings is 1. The third kappa shape index (κ3) is 7.38. The first-order chi connectivity index (χ1) is 13.2. The Labute approximate surface area is 172 Å². The van der Waals surface area contributed by atoms with Gasteiger partial charge < -0.3 is 20.5 Å². The molecule has 0 spiro atoms. The third-order valence-corrected chi connectivity index (χ3v) is 5.35. The average molecular weight is 456 g/mol. The van der Waals surface area contributed by atoms with E-state index in [-0.39, 0.29) is 5.91 Å². The highest BCUT2D eigenvalue weighted by Crippen LogP contribution is 2.30. The van der Waals surface area contributed by atoms with Gasteiger partial charge in [-0.05, 0) is 36.4 Å². The molecule has 0 bridgehead atoms. The second kappa shape index (κ2) is 12.3. The summed E-state index contributed by atoms with van der Waals surface area (Å²) < 4.78 is 11.6. The average Bonchev–Trinajstić information content (AvgIpc) is 2.67. The minimum atomic E-state index is -0.193. The number of rotatable bonds is 12. The van der Waals surface area contributed by atoms with Crippen LogP contribution in [0, 0.1) is 0 Å². The molecule has 27 heavy (non-hydrogen) atoms. The second-order valence-corrected chi connectivity index (χ2v) is 7.84. The highest BCUT2D eigenvalue weighted by atomic mass is 79.9. The van der Waals surface area contributed by atoms with Gasteiger partial charge in [0.2, 0.25) is 0 Å². The molecule has 8 heteroatoms. The van der Waals surface area contributed by atoms with E-state index < -0.39 is 0 Å². The molecule has 0 aliphatic carbocycles. The van der Waals surface area contributed by atoms with Gasteiger partial charge in [0.1, 0.15) is 5.69 Å². The zero-order valence-electron chi connectivity index (χ0n) is 15.5. The summed E-state index contributed by atoms with van der Waals surface area (Å²) in [5, 5.41) is 3.91. The van der Waals surface area contributed by atoms with E-state index >= 15 is 0 Å². The van der Waals surface area contributed by atoms with Gasteiger partial charge in [0.25, 0.3) is 5.91 Å². The van der Waals surface area contributed by atoms with E-state index in [9.17, 15) is 4.79 Å². The summed E-state index contributed by atoms with van der Waals surface area (Å²) in [6, 6.07) is 7.77. The van der Waals surface area contributed by atoms with Crippen LogP contribution in [-0.4, -0.2) is 56.2 Å². The Balaban J connectivity index is 1.94.